The molecule has 1 amide bonds. The molecule has 1 aliphatic heterocycles. The molecular formula is C28H29N5O2. The van der Waals surface area contributed by atoms with Crippen molar-refractivity contribution in [2.75, 3.05) is 18.0 Å². The molecule has 0 atom stereocenters. The number of carbonyl (C=O) groups is 1. The first kappa shape index (κ1) is 22.8. The number of amides is 1. The van der Waals surface area contributed by atoms with Gasteiger partial charge in [-0.05, 0) is 68.1 Å². The van der Waals surface area contributed by atoms with Gasteiger partial charge in [0.1, 0.15) is 11.6 Å². The van der Waals surface area contributed by atoms with E-state index in [1.807, 2.05) is 37.3 Å². The van der Waals surface area contributed by atoms with E-state index in [0.717, 1.165) is 53.9 Å². The Hall–Kier alpha value is -4.00. The highest BCUT2D eigenvalue weighted by Crippen LogP contribution is 2.33. The van der Waals surface area contributed by atoms with Crippen LogP contribution in [0.3, 0.4) is 0 Å². The van der Waals surface area contributed by atoms with Crippen LogP contribution in [0, 0.1) is 6.92 Å². The summed E-state index contributed by atoms with van der Waals surface area (Å²) in [5, 5.41) is 14.6. The highest BCUT2D eigenvalue weighted by molar-refractivity contribution is 5.92. The summed E-state index contributed by atoms with van der Waals surface area (Å²) < 4.78 is 0. The number of hydrogen-bond acceptors (Lipinski definition) is 6. The van der Waals surface area contributed by atoms with Crippen LogP contribution in [0.2, 0.25) is 0 Å². The fourth-order valence-electron chi connectivity index (χ4n) is 4.57. The summed E-state index contributed by atoms with van der Waals surface area (Å²) in [5.41, 5.74) is 3.53. The molecule has 0 spiro atoms. The maximum atomic E-state index is 12.5. The van der Waals surface area contributed by atoms with Gasteiger partial charge in [-0.3, -0.25) is 9.78 Å². The third-order valence-electron chi connectivity index (χ3n) is 6.47. The van der Waals surface area contributed by atoms with Crippen LogP contribution in [0.5, 0.6) is 5.75 Å². The molecule has 1 saturated heterocycles. The minimum absolute atomic E-state index is 0.0684. The number of aromatic hydroxyl groups is 1. The van der Waals surface area contributed by atoms with Crippen molar-refractivity contribution in [2.45, 2.75) is 38.6 Å². The number of nitrogens with one attached hydrogen (secondary N) is 1. The first-order chi connectivity index (χ1) is 17.1. The summed E-state index contributed by atoms with van der Waals surface area (Å²) in [5.74, 6) is 1.62. The molecule has 7 heteroatoms. The third-order valence-corrected chi connectivity index (χ3v) is 6.47. The molecule has 7 nitrogen and oxygen atoms in total. The summed E-state index contributed by atoms with van der Waals surface area (Å²) >= 11 is 0. The molecule has 0 saturated carbocycles. The van der Waals surface area contributed by atoms with Gasteiger partial charge in [-0.15, -0.1) is 0 Å². The largest absolute Gasteiger partial charge is 0.507 e. The maximum absolute atomic E-state index is 12.5. The van der Waals surface area contributed by atoms with Gasteiger partial charge in [0.15, 0.2) is 5.82 Å². The lowest BCUT2D eigenvalue weighted by atomic mass is 10.0. The number of aromatic nitrogens is 3. The van der Waals surface area contributed by atoms with E-state index >= 15 is 0 Å². The standard InChI is InChI=1S/C28H29N5O2/c1-19-9-11-22-24(18-19)31-27(23-7-2-3-8-25(23)34)32-28(22)33-16-13-21(14-17-33)30-26(35)12-10-20-6-4-5-15-29-20/h2-9,11,15,18,21,34H,10,12-14,16-17H2,1H3,(H,30,35). The third kappa shape index (κ3) is 5.24. The number of rotatable bonds is 6. The molecule has 0 radical (unpaired) electrons. The molecule has 0 aliphatic carbocycles. The highest BCUT2D eigenvalue weighted by atomic mass is 16.3. The topological polar surface area (TPSA) is 91.2 Å². The van der Waals surface area contributed by atoms with Crippen molar-refractivity contribution in [3.8, 4) is 17.1 Å². The van der Waals surface area contributed by atoms with Crippen molar-refractivity contribution in [1.29, 1.82) is 0 Å². The van der Waals surface area contributed by atoms with Gasteiger partial charge in [0.05, 0.1) is 11.1 Å². The van der Waals surface area contributed by atoms with E-state index in [1.165, 1.54) is 0 Å². The Bertz CT molecular complexity index is 1330. The average molecular weight is 468 g/mol. The van der Waals surface area contributed by atoms with Crippen molar-refractivity contribution in [2.24, 2.45) is 0 Å². The van der Waals surface area contributed by atoms with Crippen LogP contribution in [-0.4, -0.2) is 45.1 Å². The first-order valence-electron chi connectivity index (χ1n) is 12.1. The van der Waals surface area contributed by atoms with Crippen molar-refractivity contribution < 1.29 is 9.90 Å². The molecule has 1 fully saturated rings. The number of phenols is 1. The quantitative estimate of drug-likeness (QED) is 0.436. The number of carbonyl (C=O) groups excluding carboxylic acids is 1. The molecule has 5 rings (SSSR count). The normalized spacial score (nSPS) is 14.3. The lowest BCUT2D eigenvalue weighted by Gasteiger charge is -2.34. The monoisotopic (exact) mass is 467 g/mol. The van der Waals surface area contributed by atoms with Gasteiger partial charge in [0, 0.05) is 42.8 Å². The Balaban J connectivity index is 1.30. The van der Waals surface area contributed by atoms with Crippen LogP contribution in [0.15, 0.2) is 66.9 Å². The summed E-state index contributed by atoms with van der Waals surface area (Å²) in [7, 11) is 0. The zero-order valence-electron chi connectivity index (χ0n) is 19.8. The van der Waals surface area contributed by atoms with Crippen LogP contribution in [0.1, 0.15) is 30.5 Å². The molecule has 4 aromatic rings. The SMILES string of the molecule is Cc1ccc2c(N3CCC(NC(=O)CCc4ccccn4)CC3)nc(-c3ccccc3O)nc2c1. The average Bonchev–Trinajstić information content (AvgIpc) is 2.88. The Morgan fingerprint density at radius 3 is 2.63 bits per heavy atom. The fraction of sp³-hybridized carbons (Fsp3) is 0.286. The number of aryl methyl sites for hydroxylation is 2. The second kappa shape index (κ2) is 10.1. The van der Waals surface area contributed by atoms with Crippen LogP contribution >= 0.6 is 0 Å². The Morgan fingerprint density at radius 1 is 1.06 bits per heavy atom. The van der Waals surface area contributed by atoms with E-state index in [4.69, 9.17) is 9.97 Å². The van der Waals surface area contributed by atoms with Crippen LogP contribution in [-0.2, 0) is 11.2 Å². The molecule has 1 aliphatic rings. The van der Waals surface area contributed by atoms with Crippen LogP contribution in [0.4, 0.5) is 5.82 Å². The van der Waals surface area contributed by atoms with Crippen molar-refractivity contribution in [3.05, 3.63) is 78.1 Å². The smallest absolute Gasteiger partial charge is 0.220 e. The fourth-order valence-corrected chi connectivity index (χ4v) is 4.57. The van der Waals surface area contributed by atoms with Gasteiger partial charge in [-0.1, -0.05) is 24.3 Å². The Labute approximate surface area is 204 Å². The van der Waals surface area contributed by atoms with Crippen molar-refractivity contribution in [1.82, 2.24) is 20.3 Å². The number of para-hydroxylation sites is 1. The summed E-state index contributed by atoms with van der Waals surface area (Å²) in [6.45, 7) is 3.61. The van der Waals surface area contributed by atoms with E-state index in [9.17, 15) is 9.90 Å². The molecule has 2 N–H and O–H groups in total. The van der Waals surface area contributed by atoms with E-state index < -0.39 is 0 Å². The number of phenolic OH excluding ortho intramolecular Hbond substituents is 1. The van der Waals surface area contributed by atoms with Crippen molar-refractivity contribution >= 4 is 22.6 Å². The van der Waals surface area contributed by atoms with Gasteiger partial charge in [-0.25, -0.2) is 9.97 Å². The zero-order chi connectivity index (χ0) is 24.2. The molecule has 178 valence electrons. The van der Waals surface area contributed by atoms with Gasteiger partial charge >= 0.3 is 0 Å². The molecule has 2 aromatic heterocycles. The van der Waals surface area contributed by atoms with Crippen molar-refractivity contribution in [3.63, 3.8) is 0 Å². The minimum atomic E-state index is 0.0684. The number of fused-ring (bicyclic) bond motifs is 1. The molecule has 35 heavy (non-hydrogen) atoms. The predicted molar refractivity (Wildman–Crippen MR) is 137 cm³/mol. The second-order valence-electron chi connectivity index (χ2n) is 9.06. The van der Waals surface area contributed by atoms with E-state index in [1.54, 1.807) is 18.3 Å². The van der Waals surface area contributed by atoms with Crippen LogP contribution in [0.25, 0.3) is 22.3 Å². The number of anilines is 1. The summed E-state index contributed by atoms with van der Waals surface area (Å²) in [6, 6.07) is 19.3. The molecule has 0 bridgehead atoms. The van der Waals surface area contributed by atoms with E-state index in [-0.39, 0.29) is 17.7 Å². The Kier molecular flexibility index (Phi) is 6.57. The van der Waals surface area contributed by atoms with E-state index in [0.29, 0.717) is 24.2 Å². The van der Waals surface area contributed by atoms with Gasteiger partial charge in [-0.2, -0.15) is 0 Å². The predicted octanol–water partition coefficient (Wildman–Crippen LogP) is 4.42. The second-order valence-corrected chi connectivity index (χ2v) is 9.06. The van der Waals surface area contributed by atoms with Gasteiger partial charge < -0.3 is 15.3 Å². The first-order valence-corrected chi connectivity index (χ1v) is 12.1. The zero-order valence-corrected chi connectivity index (χ0v) is 19.8. The number of benzene rings is 2. The van der Waals surface area contributed by atoms with E-state index in [2.05, 4.69) is 33.4 Å². The number of piperidine rings is 1. The molecular weight excluding hydrogens is 438 g/mol. The maximum Gasteiger partial charge on any atom is 0.220 e. The molecule has 3 heterocycles. The van der Waals surface area contributed by atoms with Crippen LogP contribution < -0.4 is 10.2 Å². The number of nitrogens with zero attached hydrogens (tertiary/aromatic N) is 4. The lowest BCUT2D eigenvalue weighted by molar-refractivity contribution is -0.121. The minimum Gasteiger partial charge on any atom is -0.507 e. The molecule has 2 aromatic carbocycles. The number of pyridine rings is 1. The van der Waals surface area contributed by atoms with Gasteiger partial charge in [0.2, 0.25) is 5.91 Å². The number of hydrogen-bond donors (Lipinski definition) is 2. The Morgan fingerprint density at radius 2 is 1.86 bits per heavy atom. The summed E-state index contributed by atoms with van der Waals surface area (Å²) in [4.78, 5) is 28.7. The highest BCUT2D eigenvalue weighted by Gasteiger charge is 2.24. The lowest BCUT2D eigenvalue weighted by Crippen LogP contribution is -2.45. The summed E-state index contributed by atoms with van der Waals surface area (Å²) in [6.07, 6.45) is 4.53. The molecule has 0 unspecified atom stereocenters. The van der Waals surface area contributed by atoms with Gasteiger partial charge in [0.25, 0.3) is 0 Å².